The molecule has 63 heavy (non-hydrogen) atoms. The summed E-state index contributed by atoms with van der Waals surface area (Å²) in [6.07, 6.45) is 5.47. The van der Waals surface area contributed by atoms with E-state index in [1.165, 1.54) is 58.3 Å². The zero-order valence-corrected chi connectivity index (χ0v) is 36.8. The number of fused-ring (bicyclic) bond motifs is 2. The largest absolute Gasteiger partial charge is 0.433 e. The highest BCUT2D eigenvalue weighted by molar-refractivity contribution is 7.18. The summed E-state index contributed by atoms with van der Waals surface area (Å²) in [6.45, 7) is 6.31. The van der Waals surface area contributed by atoms with E-state index in [4.69, 9.17) is 4.98 Å². The molecule has 2 aliphatic carbocycles. The maximum absolute atomic E-state index is 13.1. The molecule has 17 heteroatoms. The first-order valence-corrected chi connectivity index (χ1v) is 22.3. The Bertz CT molecular complexity index is 2380. The van der Waals surface area contributed by atoms with E-state index in [1.54, 1.807) is 55.5 Å². The van der Waals surface area contributed by atoms with Gasteiger partial charge in [-0.15, -0.1) is 11.3 Å². The highest BCUT2D eigenvalue weighted by atomic mass is 32.1. The molecule has 4 aromatic rings. The average Bonchev–Trinajstić information content (AvgIpc) is 3.76. The van der Waals surface area contributed by atoms with Crippen LogP contribution in [0.5, 0.6) is 0 Å². The quantitative estimate of drug-likeness (QED) is 0.0768. The van der Waals surface area contributed by atoms with Gasteiger partial charge in [-0.25, -0.2) is 9.97 Å². The number of anilines is 2. The monoisotopic (exact) mass is 889 g/mol. The molecular weight excluding hydrogens is 836 g/mol. The van der Waals surface area contributed by atoms with Crippen molar-refractivity contribution in [3.05, 3.63) is 81.6 Å². The topological polar surface area (TPSA) is 174 Å². The zero-order valence-electron chi connectivity index (χ0n) is 35.9. The summed E-state index contributed by atoms with van der Waals surface area (Å²) in [7, 11) is 3.66. The minimum absolute atomic E-state index is 0.0666. The van der Waals surface area contributed by atoms with Crippen LogP contribution in [0, 0.1) is 11.3 Å². The first-order valence-electron chi connectivity index (χ1n) is 21.5. The number of carbonyl (C=O) groups is 5. The number of amides is 4. The van der Waals surface area contributed by atoms with E-state index in [0.29, 0.717) is 51.6 Å². The number of aromatic nitrogens is 2. The lowest BCUT2D eigenvalue weighted by Crippen LogP contribution is -2.60. The summed E-state index contributed by atoms with van der Waals surface area (Å²) in [5.41, 5.74) is 0.527. The number of nitrogens with zero attached hydrogens (tertiary/aromatic N) is 4. The average molecular weight is 890 g/mol. The van der Waals surface area contributed by atoms with Crippen molar-refractivity contribution in [2.45, 2.75) is 102 Å². The number of hydrogen-bond donors (Lipinski definition) is 4. The summed E-state index contributed by atoms with van der Waals surface area (Å²) in [5.74, 6) is -0.852. The molecule has 1 unspecified atom stereocenters. The van der Waals surface area contributed by atoms with Crippen LogP contribution in [0.1, 0.15) is 131 Å². The molecule has 0 radical (unpaired) electrons. The molecule has 4 aliphatic rings. The van der Waals surface area contributed by atoms with Gasteiger partial charge in [-0.2, -0.15) is 13.2 Å². The van der Waals surface area contributed by atoms with E-state index in [0.717, 1.165) is 58.1 Å². The van der Waals surface area contributed by atoms with Crippen LogP contribution < -0.4 is 16.0 Å². The molecule has 4 amide bonds. The van der Waals surface area contributed by atoms with Gasteiger partial charge in [0.15, 0.2) is 0 Å². The molecule has 336 valence electrons. The highest BCUT2D eigenvalue weighted by Crippen LogP contribution is 2.52. The number of aldehydes is 1. The molecule has 13 nitrogen and oxygen atoms in total. The molecule has 8 rings (SSSR count). The second-order valence-electron chi connectivity index (χ2n) is 18.0. The second-order valence-corrected chi connectivity index (χ2v) is 19.0. The van der Waals surface area contributed by atoms with Gasteiger partial charge in [-0.1, -0.05) is 31.4 Å². The molecule has 2 saturated carbocycles. The second kappa shape index (κ2) is 18.5. The number of rotatable bonds is 13. The van der Waals surface area contributed by atoms with Gasteiger partial charge in [0.2, 0.25) is 5.91 Å². The Morgan fingerprint density at radius 3 is 2.37 bits per heavy atom. The van der Waals surface area contributed by atoms with Gasteiger partial charge >= 0.3 is 6.18 Å². The highest BCUT2D eigenvalue weighted by Gasteiger charge is 2.50. The van der Waals surface area contributed by atoms with Crippen LogP contribution in [0.3, 0.4) is 0 Å². The Hall–Kier alpha value is -5.26. The van der Waals surface area contributed by atoms with Crippen LogP contribution in [-0.2, 0) is 21.4 Å². The van der Waals surface area contributed by atoms with Gasteiger partial charge < -0.3 is 30.8 Å². The number of likely N-dealkylation sites (tertiary alicyclic amines) is 1. The Morgan fingerprint density at radius 2 is 1.71 bits per heavy atom. The van der Waals surface area contributed by atoms with Crippen LogP contribution in [0.2, 0.25) is 0 Å². The molecule has 4 N–H and O–H groups in total. The summed E-state index contributed by atoms with van der Waals surface area (Å²) in [6, 6.07) is 10.9. The normalized spacial score (nSPS) is 18.3. The van der Waals surface area contributed by atoms with E-state index >= 15 is 0 Å². The van der Waals surface area contributed by atoms with Crippen molar-refractivity contribution in [1.29, 1.82) is 0 Å². The van der Waals surface area contributed by atoms with Gasteiger partial charge in [-0.3, -0.25) is 24.1 Å². The van der Waals surface area contributed by atoms with E-state index < -0.39 is 41.2 Å². The Morgan fingerprint density at radius 1 is 1.00 bits per heavy atom. The molecule has 1 atom stereocenters. The van der Waals surface area contributed by atoms with Crippen molar-refractivity contribution < 1.29 is 42.3 Å². The molecule has 1 spiro atoms. The van der Waals surface area contributed by atoms with Gasteiger partial charge in [0.05, 0.1) is 38.0 Å². The number of aliphatic hydroxyl groups is 1. The molecule has 2 aromatic heterocycles. The zero-order chi connectivity index (χ0) is 45.3. The van der Waals surface area contributed by atoms with E-state index in [9.17, 15) is 42.3 Å². The molecule has 2 aliphatic heterocycles. The van der Waals surface area contributed by atoms with Crippen LogP contribution in [0.4, 0.5) is 24.5 Å². The molecule has 1 saturated heterocycles. The van der Waals surface area contributed by atoms with Crippen molar-refractivity contribution in [1.82, 2.24) is 25.1 Å². The van der Waals surface area contributed by atoms with E-state index in [2.05, 4.69) is 32.9 Å². The Balaban J connectivity index is 0.000000189. The standard InChI is InChI=1S/C23H24F3N3O2S.C23H30N4O4/c1-22(2,31)14-11-17-18(32-21(29-17)13-7-4-3-5-8-13)12-16(14)28-20(30)15-9-6-10-19(27-15)23(24,25)26;1-24-19(29)7-6-16(12-28)27-21(30)17-4-3-5-18(20(17)22(27)31)25-9-8-15-10-23(11-15)13-26(2)14-23/h6,9-13,31H,3-5,7-8H2,1-2H3,(H,28,30);3-5,12,15-16,25H,6-11,13-14H2,1-2H3,(H,24,29). The fourth-order valence-electron chi connectivity index (χ4n) is 9.58. The lowest BCUT2D eigenvalue weighted by atomic mass is 9.57. The maximum Gasteiger partial charge on any atom is 0.433 e. The first kappa shape index (κ1) is 45.8. The van der Waals surface area contributed by atoms with Gasteiger partial charge in [0, 0.05) is 56.0 Å². The lowest BCUT2D eigenvalue weighted by molar-refractivity contribution is -0.141. The van der Waals surface area contributed by atoms with Gasteiger partial charge in [0.25, 0.3) is 17.7 Å². The third-order valence-electron chi connectivity index (χ3n) is 12.6. The SMILES string of the molecule is CC(C)(O)c1cc2nc(C3CCCCC3)sc2cc1NC(=O)c1cccc(C(F)(F)F)n1.CNC(=O)CCC(C=O)N1C(=O)c2cccc(NCCC3CC4(C3)CN(C)C4)c2C1=O. The maximum atomic E-state index is 13.1. The number of benzene rings is 2. The first-order chi connectivity index (χ1) is 29.9. The number of alkyl halides is 3. The van der Waals surface area contributed by atoms with Gasteiger partial charge in [-0.05, 0) is 107 Å². The number of halogens is 3. The number of nitrogens with one attached hydrogen (secondary N) is 3. The fraction of sp³-hybridized carbons (Fsp3) is 0.500. The van der Waals surface area contributed by atoms with Crippen molar-refractivity contribution in [3.8, 4) is 0 Å². The smallest absolute Gasteiger partial charge is 0.386 e. The van der Waals surface area contributed by atoms with Crippen LogP contribution in [0.15, 0.2) is 48.5 Å². The van der Waals surface area contributed by atoms with Crippen LogP contribution in [-0.4, -0.2) is 94.6 Å². The summed E-state index contributed by atoms with van der Waals surface area (Å²) in [4.78, 5) is 73.4. The fourth-order valence-corrected chi connectivity index (χ4v) is 10.7. The summed E-state index contributed by atoms with van der Waals surface area (Å²) < 4.78 is 39.8. The minimum atomic E-state index is -4.65. The van der Waals surface area contributed by atoms with E-state index in [1.807, 2.05) is 0 Å². The van der Waals surface area contributed by atoms with Crippen LogP contribution in [0.25, 0.3) is 10.2 Å². The Kier molecular flexibility index (Phi) is 13.4. The van der Waals surface area contributed by atoms with Crippen LogP contribution >= 0.6 is 11.3 Å². The van der Waals surface area contributed by atoms with Gasteiger partial charge in [0.1, 0.15) is 17.7 Å². The molecule has 2 aromatic carbocycles. The number of pyridine rings is 1. The predicted octanol–water partition coefficient (Wildman–Crippen LogP) is 7.76. The predicted molar refractivity (Wildman–Crippen MR) is 234 cm³/mol. The van der Waals surface area contributed by atoms with E-state index in [-0.39, 0.29) is 24.4 Å². The van der Waals surface area contributed by atoms with Crippen molar-refractivity contribution in [2.24, 2.45) is 11.3 Å². The molecular formula is C46H54F3N7O6S. The van der Waals surface area contributed by atoms with Crippen molar-refractivity contribution >= 4 is 62.8 Å². The number of thiazole rings is 1. The lowest BCUT2D eigenvalue weighted by Gasteiger charge is -2.58. The number of carbonyl (C=O) groups excluding carboxylic acids is 5. The molecule has 4 heterocycles. The third kappa shape index (κ3) is 10.1. The number of imide groups is 1. The van der Waals surface area contributed by atoms with Crippen molar-refractivity contribution in [3.63, 3.8) is 0 Å². The third-order valence-corrected chi connectivity index (χ3v) is 13.8. The number of hydrogen-bond acceptors (Lipinski definition) is 11. The summed E-state index contributed by atoms with van der Waals surface area (Å²) in [5, 5.41) is 20.2. The molecule has 3 fully saturated rings. The Labute approximate surface area is 368 Å². The minimum Gasteiger partial charge on any atom is -0.386 e. The summed E-state index contributed by atoms with van der Waals surface area (Å²) >= 11 is 1.56. The van der Waals surface area contributed by atoms with Crippen molar-refractivity contribution in [2.75, 3.05) is 44.4 Å². The molecule has 0 bridgehead atoms.